The van der Waals surface area contributed by atoms with Crippen LogP contribution in [0.15, 0.2) is 60.7 Å². The molecule has 4 nitrogen and oxygen atoms in total. The van der Waals surface area contributed by atoms with Gasteiger partial charge in [0.25, 0.3) is 5.91 Å². The molecule has 0 N–H and O–H groups in total. The lowest BCUT2D eigenvalue weighted by Gasteiger charge is -2.38. The summed E-state index contributed by atoms with van der Waals surface area (Å²) in [5.41, 5.74) is 0.320. The van der Waals surface area contributed by atoms with Gasteiger partial charge in [0.2, 0.25) is 5.78 Å². The van der Waals surface area contributed by atoms with E-state index in [1.54, 1.807) is 4.90 Å². The molecule has 1 amide bonds. The number of para-hydroxylation sites is 1. The molecule has 0 radical (unpaired) electrons. The third-order valence-corrected chi connectivity index (χ3v) is 6.48. The van der Waals surface area contributed by atoms with Crippen LogP contribution in [0, 0.1) is 17.3 Å². The van der Waals surface area contributed by atoms with Gasteiger partial charge in [0.05, 0.1) is 6.04 Å². The third kappa shape index (κ3) is 1.77. The fourth-order valence-corrected chi connectivity index (χ4v) is 5.46. The second-order valence-corrected chi connectivity index (χ2v) is 7.59. The summed E-state index contributed by atoms with van der Waals surface area (Å²) in [5, 5.41) is 0. The second kappa shape index (κ2) is 5.37. The molecule has 1 heterocycles. The van der Waals surface area contributed by atoms with Crippen LogP contribution in [0.5, 0.6) is 0 Å². The van der Waals surface area contributed by atoms with Gasteiger partial charge in [0.1, 0.15) is 5.41 Å². The number of anilines is 1. The number of fused-ring (bicyclic) bond motifs is 3. The lowest BCUT2D eigenvalue weighted by atomic mass is 9.65. The maximum absolute atomic E-state index is 13.3. The number of nitrogens with zero attached hydrogens (tertiary/aromatic N) is 1. The van der Waals surface area contributed by atoms with Gasteiger partial charge >= 0.3 is 0 Å². The highest BCUT2D eigenvalue weighted by molar-refractivity contribution is 6.50. The number of Topliss-reactive ketones (excluding diaryl/α,β-unsaturated/α-hetero) is 2. The molecule has 130 valence electrons. The first-order chi connectivity index (χ1) is 12.7. The molecule has 26 heavy (non-hydrogen) atoms. The maximum Gasteiger partial charge on any atom is 0.296 e. The number of carbonyl (C=O) groups is 3. The standard InChI is InChI=1S/C22H19NO3/c24-19-15-11-12-16(13-15)22(19)18(14-7-3-1-4-8-14)23(21(26)20(22)25)17-9-5-2-6-10-17/h1-10,15-16,18H,11-13H2/t15-,16+,18?,22?/m0/s1. The third-order valence-electron chi connectivity index (χ3n) is 6.48. The number of amides is 1. The van der Waals surface area contributed by atoms with E-state index in [0.29, 0.717) is 5.69 Å². The lowest BCUT2D eigenvalue weighted by Crippen LogP contribution is -2.46. The Morgan fingerprint density at radius 3 is 2.12 bits per heavy atom. The Balaban J connectivity index is 1.76. The minimum atomic E-state index is -1.21. The van der Waals surface area contributed by atoms with Crippen LogP contribution < -0.4 is 4.90 Å². The number of ketones is 2. The molecule has 4 heteroatoms. The van der Waals surface area contributed by atoms with Crippen molar-refractivity contribution in [3.8, 4) is 0 Å². The van der Waals surface area contributed by atoms with Crippen molar-refractivity contribution in [2.45, 2.75) is 25.3 Å². The number of rotatable bonds is 2. The largest absolute Gasteiger partial charge is 0.298 e. The molecule has 1 saturated heterocycles. The number of hydrogen-bond donors (Lipinski definition) is 0. The van der Waals surface area contributed by atoms with E-state index in [9.17, 15) is 14.4 Å². The zero-order chi connectivity index (χ0) is 17.9. The normalized spacial score (nSPS) is 32.8. The van der Waals surface area contributed by atoms with Crippen molar-refractivity contribution in [3.63, 3.8) is 0 Å². The summed E-state index contributed by atoms with van der Waals surface area (Å²) in [7, 11) is 0. The van der Waals surface area contributed by atoms with Crippen LogP contribution in [0.2, 0.25) is 0 Å². The van der Waals surface area contributed by atoms with Crippen LogP contribution in [-0.4, -0.2) is 17.5 Å². The van der Waals surface area contributed by atoms with Gasteiger partial charge in [-0.15, -0.1) is 0 Å². The van der Waals surface area contributed by atoms with Gasteiger partial charge in [-0.25, -0.2) is 0 Å². The predicted molar refractivity (Wildman–Crippen MR) is 96.4 cm³/mol. The molecule has 0 aromatic heterocycles. The smallest absolute Gasteiger partial charge is 0.296 e. The number of hydrogen-bond acceptors (Lipinski definition) is 3. The quantitative estimate of drug-likeness (QED) is 0.620. The highest BCUT2D eigenvalue weighted by Crippen LogP contribution is 2.63. The van der Waals surface area contributed by atoms with E-state index >= 15 is 0 Å². The van der Waals surface area contributed by atoms with Crippen molar-refractivity contribution in [1.82, 2.24) is 0 Å². The molecule has 2 aliphatic carbocycles. The summed E-state index contributed by atoms with van der Waals surface area (Å²) < 4.78 is 0. The zero-order valence-electron chi connectivity index (χ0n) is 14.3. The van der Waals surface area contributed by atoms with Crippen LogP contribution in [0.3, 0.4) is 0 Å². The number of carbonyl (C=O) groups excluding carboxylic acids is 3. The van der Waals surface area contributed by atoms with Crippen LogP contribution in [-0.2, 0) is 14.4 Å². The average Bonchev–Trinajstić information content (AvgIpc) is 3.33. The first kappa shape index (κ1) is 15.5. The molecule has 1 spiro atoms. The number of benzene rings is 2. The van der Waals surface area contributed by atoms with Gasteiger partial charge in [-0.1, -0.05) is 48.5 Å². The summed E-state index contributed by atoms with van der Waals surface area (Å²) in [6.07, 6.45) is 2.44. The molecule has 1 aliphatic heterocycles. The van der Waals surface area contributed by atoms with Gasteiger partial charge in [-0.05, 0) is 42.9 Å². The first-order valence-corrected chi connectivity index (χ1v) is 9.18. The zero-order valence-corrected chi connectivity index (χ0v) is 14.3. The molecule has 2 unspecified atom stereocenters. The SMILES string of the molecule is O=C1C(=O)C2(C(=O)[C@H]3CC[C@@H]2C3)C(c2ccccc2)N1c1ccccc1. The van der Waals surface area contributed by atoms with E-state index in [1.807, 2.05) is 60.7 Å². The van der Waals surface area contributed by atoms with Crippen molar-refractivity contribution in [2.75, 3.05) is 4.90 Å². The van der Waals surface area contributed by atoms with E-state index in [0.717, 1.165) is 24.8 Å². The summed E-state index contributed by atoms with van der Waals surface area (Å²) in [5.74, 6) is -1.17. The summed E-state index contributed by atoms with van der Waals surface area (Å²) in [6.45, 7) is 0. The van der Waals surface area contributed by atoms with Crippen molar-refractivity contribution in [3.05, 3.63) is 66.2 Å². The Morgan fingerprint density at radius 1 is 0.846 bits per heavy atom. The van der Waals surface area contributed by atoms with Crippen molar-refractivity contribution in [1.29, 1.82) is 0 Å². The molecule has 3 fully saturated rings. The van der Waals surface area contributed by atoms with Crippen LogP contribution >= 0.6 is 0 Å². The molecule has 2 aromatic rings. The van der Waals surface area contributed by atoms with Crippen LogP contribution in [0.1, 0.15) is 30.9 Å². The lowest BCUT2D eigenvalue weighted by molar-refractivity contribution is -0.147. The van der Waals surface area contributed by atoms with Crippen LogP contribution in [0.4, 0.5) is 5.69 Å². The molecule has 2 aromatic carbocycles. The Hall–Kier alpha value is -2.75. The molecular formula is C22H19NO3. The molecular weight excluding hydrogens is 326 g/mol. The molecule has 4 atom stereocenters. The van der Waals surface area contributed by atoms with Gasteiger partial charge in [0.15, 0.2) is 5.78 Å². The van der Waals surface area contributed by atoms with Gasteiger partial charge in [-0.2, -0.15) is 0 Å². The average molecular weight is 345 g/mol. The summed E-state index contributed by atoms with van der Waals surface area (Å²) in [6, 6.07) is 18.2. The topological polar surface area (TPSA) is 54.5 Å². The molecule has 3 aliphatic rings. The Bertz CT molecular complexity index is 907. The maximum atomic E-state index is 13.3. The first-order valence-electron chi connectivity index (χ1n) is 9.18. The second-order valence-electron chi connectivity index (χ2n) is 7.59. The van der Waals surface area contributed by atoms with E-state index in [4.69, 9.17) is 0 Å². The monoisotopic (exact) mass is 345 g/mol. The van der Waals surface area contributed by atoms with Gasteiger partial charge in [0, 0.05) is 11.6 Å². The highest BCUT2D eigenvalue weighted by Gasteiger charge is 2.72. The van der Waals surface area contributed by atoms with Crippen molar-refractivity contribution >= 4 is 23.2 Å². The molecule has 2 saturated carbocycles. The summed E-state index contributed by atoms with van der Waals surface area (Å²) >= 11 is 0. The minimum Gasteiger partial charge on any atom is -0.298 e. The Labute approximate surface area is 151 Å². The van der Waals surface area contributed by atoms with Gasteiger partial charge < -0.3 is 0 Å². The van der Waals surface area contributed by atoms with E-state index in [1.165, 1.54) is 0 Å². The fraction of sp³-hybridized carbons (Fsp3) is 0.318. The molecule has 2 bridgehead atoms. The minimum absolute atomic E-state index is 0.0145. The Morgan fingerprint density at radius 2 is 1.50 bits per heavy atom. The predicted octanol–water partition coefficient (Wildman–Crippen LogP) is 3.33. The Kier molecular flexibility index (Phi) is 3.20. The van der Waals surface area contributed by atoms with Crippen molar-refractivity contribution in [2.24, 2.45) is 17.3 Å². The molecule has 5 rings (SSSR count). The van der Waals surface area contributed by atoms with Gasteiger partial charge in [-0.3, -0.25) is 19.3 Å². The van der Waals surface area contributed by atoms with Crippen molar-refractivity contribution < 1.29 is 14.4 Å². The summed E-state index contributed by atoms with van der Waals surface area (Å²) in [4.78, 5) is 41.3. The van der Waals surface area contributed by atoms with E-state index in [-0.39, 0.29) is 17.6 Å². The van der Waals surface area contributed by atoms with E-state index < -0.39 is 23.1 Å². The highest BCUT2D eigenvalue weighted by atomic mass is 16.2. The van der Waals surface area contributed by atoms with E-state index in [2.05, 4.69) is 0 Å². The fourth-order valence-electron chi connectivity index (χ4n) is 5.46. The van der Waals surface area contributed by atoms with Crippen LogP contribution in [0.25, 0.3) is 0 Å².